The lowest BCUT2D eigenvalue weighted by atomic mass is 10.1. The third kappa shape index (κ3) is 3.73. The highest BCUT2D eigenvalue weighted by atomic mass is 32.2. The van der Waals surface area contributed by atoms with Gasteiger partial charge in [-0.3, -0.25) is 5.10 Å². The Morgan fingerprint density at radius 3 is 2.42 bits per heavy atom. The molecule has 0 saturated heterocycles. The van der Waals surface area contributed by atoms with Crippen LogP contribution in [-0.4, -0.2) is 15.2 Å². The van der Waals surface area contributed by atoms with Crippen LogP contribution in [0, 0.1) is 0 Å². The molecule has 2 rings (SSSR count). The second-order valence-electron chi connectivity index (χ2n) is 3.90. The summed E-state index contributed by atoms with van der Waals surface area (Å²) in [5.74, 6) is 1.34. The quantitative estimate of drug-likeness (QED) is 0.872. The number of rotatable bonds is 4. The number of thioether (sulfide) groups is 1. The van der Waals surface area contributed by atoms with Crippen molar-refractivity contribution in [3.63, 3.8) is 0 Å². The number of nitrogens with one attached hydrogen (secondary N) is 1. The van der Waals surface area contributed by atoms with E-state index in [0.717, 1.165) is 29.9 Å². The topological polar surface area (TPSA) is 41.6 Å². The first-order valence-electron chi connectivity index (χ1n) is 5.69. The van der Waals surface area contributed by atoms with Gasteiger partial charge in [0.25, 0.3) is 0 Å². The van der Waals surface area contributed by atoms with E-state index in [-0.39, 0.29) is 0 Å². The molecule has 0 aliphatic carbocycles. The van der Waals surface area contributed by atoms with Gasteiger partial charge in [0.2, 0.25) is 5.16 Å². The molecule has 0 saturated carbocycles. The van der Waals surface area contributed by atoms with Crippen LogP contribution in [0.1, 0.15) is 23.9 Å². The zero-order valence-electron chi connectivity index (χ0n) is 10.2. The molecule has 0 spiro atoms. The Morgan fingerprint density at radius 1 is 1.21 bits per heavy atom. The minimum atomic E-state index is -4.29. The fraction of sp³-hybridized carbons (Fsp3) is 0.333. The Hall–Kier alpha value is -1.50. The average molecular weight is 287 g/mol. The molecule has 1 heterocycles. The van der Waals surface area contributed by atoms with Crippen LogP contribution in [0.5, 0.6) is 0 Å². The number of alkyl halides is 3. The molecule has 3 nitrogen and oxygen atoms in total. The number of aryl methyl sites for hydroxylation is 1. The lowest BCUT2D eigenvalue weighted by Gasteiger charge is -2.06. The lowest BCUT2D eigenvalue weighted by molar-refractivity contribution is -0.137. The highest BCUT2D eigenvalue weighted by Crippen LogP contribution is 2.29. The van der Waals surface area contributed by atoms with Crippen LogP contribution in [0.2, 0.25) is 0 Å². The number of aromatic amines is 1. The number of benzene rings is 1. The van der Waals surface area contributed by atoms with E-state index in [1.165, 1.54) is 23.9 Å². The monoisotopic (exact) mass is 287 g/mol. The minimum absolute atomic E-state index is 0.541. The van der Waals surface area contributed by atoms with Gasteiger partial charge in [0.15, 0.2) is 0 Å². The maximum absolute atomic E-state index is 12.4. The van der Waals surface area contributed by atoms with E-state index in [1.54, 1.807) is 0 Å². The molecule has 0 aliphatic heterocycles. The molecule has 7 heteroatoms. The van der Waals surface area contributed by atoms with Crippen molar-refractivity contribution in [2.45, 2.75) is 30.4 Å². The Balaban J connectivity index is 1.96. The van der Waals surface area contributed by atoms with Gasteiger partial charge in [0.1, 0.15) is 5.82 Å². The Bertz CT molecular complexity index is 534. The van der Waals surface area contributed by atoms with Gasteiger partial charge in [-0.05, 0) is 17.7 Å². The molecule has 2 aromatic rings. The van der Waals surface area contributed by atoms with Gasteiger partial charge >= 0.3 is 6.18 Å². The Kier molecular flexibility index (Phi) is 4.14. The highest BCUT2D eigenvalue weighted by molar-refractivity contribution is 7.98. The van der Waals surface area contributed by atoms with Crippen LogP contribution in [-0.2, 0) is 18.3 Å². The van der Waals surface area contributed by atoms with Crippen LogP contribution in [0.4, 0.5) is 13.2 Å². The lowest BCUT2D eigenvalue weighted by Crippen LogP contribution is -2.04. The first kappa shape index (κ1) is 13.9. The van der Waals surface area contributed by atoms with E-state index in [2.05, 4.69) is 15.2 Å². The molecule has 0 fully saturated rings. The van der Waals surface area contributed by atoms with Gasteiger partial charge in [-0.25, -0.2) is 4.98 Å². The molecule has 1 aromatic carbocycles. The molecule has 102 valence electrons. The molecule has 1 aromatic heterocycles. The largest absolute Gasteiger partial charge is 0.416 e. The minimum Gasteiger partial charge on any atom is -0.262 e. The third-order valence-electron chi connectivity index (χ3n) is 2.50. The molecule has 0 atom stereocenters. The maximum Gasteiger partial charge on any atom is 0.416 e. The second-order valence-corrected chi connectivity index (χ2v) is 4.84. The molecule has 0 unspecified atom stereocenters. The van der Waals surface area contributed by atoms with E-state index in [0.29, 0.717) is 10.9 Å². The number of halogens is 3. The van der Waals surface area contributed by atoms with Gasteiger partial charge in [-0.1, -0.05) is 30.8 Å². The molecule has 0 radical (unpaired) electrons. The van der Waals surface area contributed by atoms with Crippen molar-refractivity contribution in [1.82, 2.24) is 15.2 Å². The van der Waals surface area contributed by atoms with Crippen molar-refractivity contribution in [2.24, 2.45) is 0 Å². The summed E-state index contributed by atoms with van der Waals surface area (Å²) in [7, 11) is 0. The summed E-state index contributed by atoms with van der Waals surface area (Å²) in [6, 6.07) is 5.13. The first-order chi connectivity index (χ1) is 8.99. The molecule has 19 heavy (non-hydrogen) atoms. The number of nitrogens with zero attached hydrogens (tertiary/aromatic N) is 2. The van der Waals surface area contributed by atoms with Gasteiger partial charge in [-0.15, -0.1) is 5.10 Å². The summed E-state index contributed by atoms with van der Waals surface area (Å²) >= 11 is 1.39. The van der Waals surface area contributed by atoms with Gasteiger partial charge < -0.3 is 0 Å². The summed E-state index contributed by atoms with van der Waals surface area (Å²) in [5, 5.41) is 7.40. The fourth-order valence-corrected chi connectivity index (χ4v) is 2.21. The van der Waals surface area contributed by atoms with Crippen molar-refractivity contribution < 1.29 is 13.2 Å². The van der Waals surface area contributed by atoms with Crippen molar-refractivity contribution in [1.29, 1.82) is 0 Å². The predicted octanol–water partition coefficient (Wildman–Crippen LogP) is 3.68. The maximum atomic E-state index is 12.4. The van der Waals surface area contributed by atoms with Crippen LogP contribution in [0.3, 0.4) is 0 Å². The highest BCUT2D eigenvalue weighted by Gasteiger charge is 2.29. The Morgan fingerprint density at radius 2 is 1.89 bits per heavy atom. The van der Waals surface area contributed by atoms with E-state index in [9.17, 15) is 13.2 Å². The van der Waals surface area contributed by atoms with Gasteiger partial charge in [0.05, 0.1) is 5.56 Å². The van der Waals surface area contributed by atoms with Crippen molar-refractivity contribution >= 4 is 11.8 Å². The Labute approximate surface area is 112 Å². The number of aromatic nitrogens is 3. The summed E-state index contributed by atoms with van der Waals surface area (Å²) < 4.78 is 37.1. The van der Waals surface area contributed by atoms with Crippen LogP contribution >= 0.6 is 11.8 Å². The summed E-state index contributed by atoms with van der Waals surface area (Å²) in [6.45, 7) is 1.96. The molecule has 0 bridgehead atoms. The average Bonchev–Trinajstić information content (AvgIpc) is 2.84. The smallest absolute Gasteiger partial charge is 0.262 e. The van der Waals surface area contributed by atoms with Crippen molar-refractivity contribution in [3.05, 3.63) is 41.2 Å². The van der Waals surface area contributed by atoms with Gasteiger partial charge in [0, 0.05) is 12.2 Å². The number of hydrogen-bond donors (Lipinski definition) is 1. The standard InChI is InChI=1S/C12H12F3N3S/c1-2-10-16-11(18-17-10)19-7-8-3-5-9(6-4-8)12(13,14)15/h3-6H,2,7H2,1H3,(H,16,17,18). The summed E-state index contributed by atoms with van der Waals surface area (Å²) in [4.78, 5) is 4.22. The van der Waals surface area contributed by atoms with Crippen LogP contribution in [0.25, 0.3) is 0 Å². The second kappa shape index (κ2) is 5.64. The van der Waals surface area contributed by atoms with E-state index >= 15 is 0 Å². The van der Waals surface area contributed by atoms with E-state index < -0.39 is 11.7 Å². The normalized spacial score (nSPS) is 11.8. The zero-order valence-corrected chi connectivity index (χ0v) is 11.0. The molecule has 1 N–H and O–H groups in total. The molecule has 0 aliphatic rings. The van der Waals surface area contributed by atoms with Crippen LogP contribution < -0.4 is 0 Å². The van der Waals surface area contributed by atoms with Crippen molar-refractivity contribution in [2.75, 3.05) is 0 Å². The zero-order chi connectivity index (χ0) is 13.9. The van der Waals surface area contributed by atoms with Gasteiger partial charge in [-0.2, -0.15) is 13.2 Å². The summed E-state index contributed by atoms with van der Waals surface area (Å²) in [5.41, 5.74) is 0.174. The van der Waals surface area contributed by atoms with Crippen molar-refractivity contribution in [3.8, 4) is 0 Å². The predicted molar refractivity (Wildman–Crippen MR) is 66.8 cm³/mol. The van der Waals surface area contributed by atoms with E-state index in [1.807, 2.05) is 6.92 Å². The molecular formula is C12H12F3N3S. The first-order valence-corrected chi connectivity index (χ1v) is 6.68. The fourth-order valence-electron chi connectivity index (χ4n) is 1.44. The number of H-pyrrole nitrogens is 1. The molecular weight excluding hydrogens is 275 g/mol. The molecule has 0 amide bonds. The third-order valence-corrected chi connectivity index (χ3v) is 3.41. The van der Waals surface area contributed by atoms with E-state index in [4.69, 9.17) is 0 Å². The number of hydrogen-bond acceptors (Lipinski definition) is 3. The SMILES string of the molecule is CCc1nc(SCc2ccc(C(F)(F)F)cc2)n[nH]1. The van der Waals surface area contributed by atoms with Crippen LogP contribution in [0.15, 0.2) is 29.4 Å². The summed E-state index contributed by atoms with van der Waals surface area (Å²) in [6.07, 6.45) is -3.51.